The number of nitrogens with one attached hydrogen (secondary N) is 2. The molecule has 0 aliphatic rings. The van der Waals surface area contributed by atoms with Crippen molar-refractivity contribution < 1.29 is 9.53 Å². The van der Waals surface area contributed by atoms with Crippen LogP contribution in [0.1, 0.15) is 5.56 Å². The number of hydrogen-bond acceptors (Lipinski definition) is 3. The Morgan fingerprint density at radius 3 is 2.32 bits per heavy atom. The number of hydrogen-bond donors (Lipinski definition) is 2. The van der Waals surface area contributed by atoms with Gasteiger partial charge in [-0.1, -0.05) is 59.1 Å². The SMILES string of the molecule is O=C(COc1ccc(CNc2ccccc2)cc1Cl)Nc1ccc(Cl)c(Cl)c1. The van der Waals surface area contributed by atoms with E-state index < -0.39 is 0 Å². The van der Waals surface area contributed by atoms with Crippen molar-refractivity contribution in [2.45, 2.75) is 6.54 Å². The lowest BCUT2D eigenvalue weighted by molar-refractivity contribution is -0.118. The molecular weight excluding hydrogens is 419 g/mol. The number of carbonyl (C=O) groups excluding carboxylic acids is 1. The highest BCUT2D eigenvalue weighted by atomic mass is 35.5. The summed E-state index contributed by atoms with van der Waals surface area (Å²) < 4.78 is 5.52. The van der Waals surface area contributed by atoms with Crippen molar-refractivity contribution >= 4 is 52.1 Å². The van der Waals surface area contributed by atoms with E-state index in [4.69, 9.17) is 39.5 Å². The summed E-state index contributed by atoms with van der Waals surface area (Å²) in [5.74, 6) is 0.110. The van der Waals surface area contributed by atoms with Crippen molar-refractivity contribution in [3.05, 3.63) is 87.4 Å². The Kier molecular flexibility index (Phi) is 7.04. The molecule has 0 atom stereocenters. The number of halogens is 3. The fourth-order valence-corrected chi connectivity index (χ4v) is 3.00. The molecule has 3 aromatic rings. The number of rotatable bonds is 7. The molecule has 0 fully saturated rings. The quantitative estimate of drug-likeness (QED) is 0.459. The summed E-state index contributed by atoms with van der Waals surface area (Å²) in [4.78, 5) is 12.1. The summed E-state index contributed by atoms with van der Waals surface area (Å²) in [7, 11) is 0. The Balaban J connectivity index is 1.52. The van der Waals surface area contributed by atoms with E-state index in [0.717, 1.165) is 11.3 Å². The molecule has 144 valence electrons. The van der Waals surface area contributed by atoms with Crippen molar-refractivity contribution in [3.8, 4) is 5.75 Å². The molecule has 0 unspecified atom stereocenters. The molecule has 0 aliphatic carbocycles. The number of benzene rings is 3. The van der Waals surface area contributed by atoms with E-state index in [-0.39, 0.29) is 12.5 Å². The van der Waals surface area contributed by atoms with E-state index in [0.29, 0.717) is 33.0 Å². The number of anilines is 2. The van der Waals surface area contributed by atoms with Crippen molar-refractivity contribution in [1.29, 1.82) is 0 Å². The van der Waals surface area contributed by atoms with Crippen LogP contribution < -0.4 is 15.4 Å². The van der Waals surface area contributed by atoms with Crippen molar-refractivity contribution in [2.75, 3.05) is 17.2 Å². The summed E-state index contributed by atoms with van der Waals surface area (Å²) in [5, 5.41) is 7.22. The lowest BCUT2D eigenvalue weighted by atomic mass is 10.2. The summed E-state index contributed by atoms with van der Waals surface area (Å²) in [6.45, 7) is 0.448. The molecule has 3 aromatic carbocycles. The molecule has 0 aliphatic heterocycles. The summed E-state index contributed by atoms with van der Waals surface area (Å²) in [6, 6.07) is 20.2. The van der Waals surface area contributed by atoms with Gasteiger partial charge in [-0.25, -0.2) is 0 Å². The van der Waals surface area contributed by atoms with Crippen LogP contribution in [0.5, 0.6) is 5.75 Å². The second-order valence-corrected chi connectivity index (χ2v) is 7.17. The highest BCUT2D eigenvalue weighted by Gasteiger charge is 2.08. The van der Waals surface area contributed by atoms with Crippen molar-refractivity contribution in [3.63, 3.8) is 0 Å². The monoisotopic (exact) mass is 434 g/mol. The van der Waals surface area contributed by atoms with Crippen LogP contribution in [0, 0.1) is 0 Å². The van der Waals surface area contributed by atoms with Gasteiger partial charge >= 0.3 is 0 Å². The molecule has 28 heavy (non-hydrogen) atoms. The smallest absolute Gasteiger partial charge is 0.262 e. The molecule has 0 bridgehead atoms. The predicted molar refractivity (Wildman–Crippen MR) is 116 cm³/mol. The van der Waals surface area contributed by atoms with Crippen molar-refractivity contribution in [1.82, 2.24) is 0 Å². The van der Waals surface area contributed by atoms with Gasteiger partial charge in [0.2, 0.25) is 0 Å². The van der Waals surface area contributed by atoms with E-state index in [2.05, 4.69) is 10.6 Å². The fourth-order valence-electron chi connectivity index (χ4n) is 2.45. The highest BCUT2D eigenvalue weighted by Crippen LogP contribution is 2.27. The van der Waals surface area contributed by atoms with E-state index >= 15 is 0 Å². The van der Waals surface area contributed by atoms with Gasteiger partial charge in [-0.15, -0.1) is 0 Å². The zero-order valence-electron chi connectivity index (χ0n) is 14.7. The number of carbonyl (C=O) groups is 1. The maximum atomic E-state index is 12.1. The molecule has 2 N–H and O–H groups in total. The Morgan fingerprint density at radius 2 is 1.61 bits per heavy atom. The fraction of sp³-hybridized carbons (Fsp3) is 0.0952. The highest BCUT2D eigenvalue weighted by molar-refractivity contribution is 6.42. The van der Waals surface area contributed by atoms with Crippen LogP contribution in [0.15, 0.2) is 66.7 Å². The zero-order chi connectivity index (χ0) is 19.9. The van der Waals surface area contributed by atoms with Crippen LogP contribution in [-0.2, 0) is 11.3 Å². The summed E-state index contributed by atoms with van der Waals surface area (Å²) >= 11 is 18.1. The number of para-hydroxylation sites is 1. The Hall–Kier alpha value is -2.40. The van der Waals surface area contributed by atoms with Gasteiger partial charge < -0.3 is 15.4 Å². The molecule has 0 spiro atoms. The first-order valence-corrected chi connectivity index (χ1v) is 9.60. The third kappa shape index (κ3) is 5.80. The molecule has 0 saturated carbocycles. The minimum absolute atomic E-state index is 0.179. The molecule has 7 heteroatoms. The lowest BCUT2D eigenvalue weighted by Crippen LogP contribution is -2.20. The molecule has 0 heterocycles. The maximum Gasteiger partial charge on any atom is 0.262 e. The van der Waals surface area contributed by atoms with E-state index in [9.17, 15) is 4.79 Å². The van der Waals surface area contributed by atoms with Gasteiger partial charge in [0.1, 0.15) is 5.75 Å². The number of amides is 1. The topological polar surface area (TPSA) is 50.4 Å². The first-order chi connectivity index (χ1) is 13.5. The molecule has 0 saturated heterocycles. The van der Waals surface area contributed by atoms with Gasteiger partial charge in [-0.3, -0.25) is 4.79 Å². The molecule has 0 radical (unpaired) electrons. The second-order valence-electron chi connectivity index (χ2n) is 5.95. The minimum atomic E-state index is -0.329. The minimum Gasteiger partial charge on any atom is -0.482 e. The zero-order valence-corrected chi connectivity index (χ0v) is 17.0. The van der Waals surface area contributed by atoms with Crippen LogP contribution >= 0.6 is 34.8 Å². The summed E-state index contributed by atoms with van der Waals surface area (Å²) in [5.41, 5.74) is 2.57. The van der Waals surface area contributed by atoms with Gasteiger partial charge in [0.25, 0.3) is 5.91 Å². The first kappa shape index (κ1) is 20.3. The molecule has 3 rings (SSSR count). The summed E-state index contributed by atoms with van der Waals surface area (Å²) in [6.07, 6.45) is 0. The Labute approximate surface area is 178 Å². The number of ether oxygens (including phenoxy) is 1. The Morgan fingerprint density at radius 1 is 0.821 bits per heavy atom. The van der Waals surface area contributed by atoms with Crippen LogP contribution in [-0.4, -0.2) is 12.5 Å². The molecule has 0 aromatic heterocycles. The van der Waals surface area contributed by atoms with Gasteiger partial charge in [-0.2, -0.15) is 0 Å². The largest absolute Gasteiger partial charge is 0.482 e. The van der Waals surface area contributed by atoms with Crippen LogP contribution in [0.25, 0.3) is 0 Å². The van der Waals surface area contributed by atoms with E-state index in [1.165, 1.54) is 0 Å². The Bertz CT molecular complexity index is 965. The van der Waals surface area contributed by atoms with E-state index in [1.54, 1.807) is 24.3 Å². The van der Waals surface area contributed by atoms with Crippen LogP contribution in [0.3, 0.4) is 0 Å². The molecule has 1 amide bonds. The van der Waals surface area contributed by atoms with Crippen LogP contribution in [0.2, 0.25) is 15.1 Å². The van der Waals surface area contributed by atoms with Crippen molar-refractivity contribution in [2.24, 2.45) is 0 Å². The first-order valence-electron chi connectivity index (χ1n) is 8.46. The molecular formula is C21H17Cl3N2O2. The standard InChI is InChI=1S/C21H17Cl3N2O2/c22-17-8-7-16(11-18(17)23)26-21(27)13-28-20-9-6-14(10-19(20)24)12-25-15-4-2-1-3-5-15/h1-11,25H,12-13H2,(H,26,27). The third-order valence-corrected chi connectivity index (χ3v) is 4.86. The van der Waals surface area contributed by atoms with Gasteiger partial charge in [-0.05, 0) is 48.0 Å². The molecule has 4 nitrogen and oxygen atoms in total. The third-order valence-electron chi connectivity index (χ3n) is 3.83. The average molecular weight is 436 g/mol. The van der Waals surface area contributed by atoms with Crippen LogP contribution in [0.4, 0.5) is 11.4 Å². The predicted octanol–water partition coefficient (Wildman–Crippen LogP) is 6.28. The van der Waals surface area contributed by atoms with E-state index in [1.807, 2.05) is 42.5 Å². The van der Waals surface area contributed by atoms with Gasteiger partial charge in [0.15, 0.2) is 6.61 Å². The maximum absolute atomic E-state index is 12.1. The second kappa shape index (κ2) is 9.69. The average Bonchev–Trinajstić information content (AvgIpc) is 2.69. The van der Waals surface area contributed by atoms with Gasteiger partial charge in [0.05, 0.1) is 15.1 Å². The van der Waals surface area contributed by atoms with Gasteiger partial charge in [0, 0.05) is 17.9 Å². The normalized spacial score (nSPS) is 10.4. The lowest BCUT2D eigenvalue weighted by Gasteiger charge is -2.11.